The molecule has 0 saturated carbocycles. The van der Waals surface area contributed by atoms with E-state index in [0.29, 0.717) is 17.6 Å². The third kappa shape index (κ3) is 3.87. The molecule has 0 spiro atoms. The second-order valence-electron chi connectivity index (χ2n) is 6.24. The van der Waals surface area contributed by atoms with Gasteiger partial charge in [-0.15, -0.1) is 0 Å². The van der Waals surface area contributed by atoms with Gasteiger partial charge < -0.3 is 9.73 Å². The first-order valence-electron chi connectivity index (χ1n) is 7.80. The van der Waals surface area contributed by atoms with E-state index in [1.807, 2.05) is 30.3 Å². The van der Waals surface area contributed by atoms with Crippen molar-refractivity contribution in [3.05, 3.63) is 36.1 Å². The average molecular weight is 287 g/mol. The van der Waals surface area contributed by atoms with Crippen molar-refractivity contribution >= 4 is 16.9 Å². The van der Waals surface area contributed by atoms with Crippen LogP contribution in [-0.4, -0.2) is 11.9 Å². The topological polar surface area (TPSA) is 42.2 Å². The van der Waals surface area contributed by atoms with Crippen molar-refractivity contribution in [1.82, 2.24) is 5.32 Å². The third-order valence-electron chi connectivity index (χ3n) is 4.02. The van der Waals surface area contributed by atoms with Gasteiger partial charge in [0.2, 0.25) is 0 Å². The summed E-state index contributed by atoms with van der Waals surface area (Å²) in [5.41, 5.74) is 0.756. The monoisotopic (exact) mass is 287 g/mol. The highest BCUT2D eigenvalue weighted by Crippen LogP contribution is 2.20. The first-order chi connectivity index (χ1) is 10.0. The average Bonchev–Trinajstić information content (AvgIpc) is 2.89. The Hall–Kier alpha value is -1.77. The first-order valence-corrected chi connectivity index (χ1v) is 7.80. The summed E-state index contributed by atoms with van der Waals surface area (Å²) in [7, 11) is 0. The van der Waals surface area contributed by atoms with Crippen LogP contribution in [0.1, 0.15) is 51.1 Å². The predicted molar refractivity (Wildman–Crippen MR) is 86.4 cm³/mol. The quantitative estimate of drug-likeness (QED) is 0.842. The Morgan fingerprint density at radius 3 is 2.57 bits per heavy atom. The number of para-hydroxylation sites is 1. The number of carbonyl (C=O) groups is 1. The molecule has 2 unspecified atom stereocenters. The van der Waals surface area contributed by atoms with E-state index in [1.54, 1.807) is 0 Å². The Kier molecular flexibility index (Phi) is 5.05. The summed E-state index contributed by atoms with van der Waals surface area (Å²) in [6, 6.07) is 9.69. The van der Waals surface area contributed by atoms with Gasteiger partial charge in [0.05, 0.1) is 0 Å². The number of nitrogens with one attached hydrogen (secondary N) is 1. The van der Waals surface area contributed by atoms with Crippen LogP contribution in [0.2, 0.25) is 0 Å². The number of furan rings is 1. The largest absolute Gasteiger partial charge is 0.451 e. The molecule has 0 aliphatic rings. The number of hydrogen-bond acceptors (Lipinski definition) is 2. The molecular weight excluding hydrogens is 262 g/mol. The molecule has 21 heavy (non-hydrogen) atoms. The summed E-state index contributed by atoms with van der Waals surface area (Å²) in [4.78, 5) is 12.4. The molecule has 0 aliphatic carbocycles. The first kappa shape index (κ1) is 15.6. The highest BCUT2D eigenvalue weighted by molar-refractivity contribution is 5.96. The van der Waals surface area contributed by atoms with Gasteiger partial charge in [-0.3, -0.25) is 4.79 Å². The molecule has 1 aromatic carbocycles. The van der Waals surface area contributed by atoms with Gasteiger partial charge in [-0.05, 0) is 30.4 Å². The van der Waals surface area contributed by atoms with E-state index in [-0.39, 0.29) is 11.9 Å². The molecule has 3 heteroatoms. The Morgan fingerprint density at radius 1 is 1.24 bits per heavy atom. The van der Waals surface area contributed by atoms with E-state index in [1.165, 1.54) is 0 Å². The summed E-state index contributed by atoms with van der Waals surface area (Å²) in [6.07, 6.45) is 2.04. The fraction of sp³-hybridized carbons (Fsp3) is 0.500. The van der Waals surface area contributed by atoms with E-state index in [4.69, 9.17) is 4.42 Å². The Morgan fingerprint density at radius 2 is 1.95 bits per heavy atom. The fourth-order valence-corrected chi connectivity index (χ4v) is 2.56. The van der Waals surface area contributed by atoms with E-state index in [2.05, 4.69) is 33.0 Å². The van der Waals surface area contributed by atoms with Crippen molar-refractivity contribution < 1.29 is 9.21 Å². The van der Waals surface area contributed by atoms with Crippen LogP contribution in [0.4, 0.5) is 0 Å². The lowest BCUT2D eigenvalue weighted by atomic mass is 9.91. The lowest BCUT2D eigenvalue weighted by Gasteiger charge is -2.25. The van der Waals surface area contributed by atoms with Crippen LogP contribution >= 0.6 is 0 Å². The molecule has 1 aromatic heterocycles. The minimum atomic E-state index is -0.114. The molecule has 2 rings (SSSR count). The lowest BCUT2D eigenvalue weighted by Crippen LogP contribution is -2.40. The molecule has 0 bridgehead atoms. The molecule has 0 aliphatic heterocycles. The molecule has 1 heterocycles. The molecule has 2 aromatic rings. The van der Waals surface area contributed by atoms with E-state index in [0.717, 1.165) is 23.8 Å². The van der Waals surface area contributed by atoms with Crippen molar-refractivity contribution in [1.29, 1.82) is 0 Å². The second-order valence-corrected chi connectivity index (χ2v) is 6.24. The summed E-state index contributed by atoms with van der Waals surface area (Å²) in [5, 5.41) is 4.11. The fourth-order valence-electron chi connectivity index (χ4n) is 2.56. The molecule has 1 N–H and O–H groups in total. The molecule has 3 nitrogen and oxygen atoms in total. The SMILES string of the molecule is CCC(C)C(CC(C)C)NC(=O)c1cc2ccccc2o1. The van der Waals surface area contributed by atoms with Crippen LogP contribution in [0.5, 0.6) is 0 Å². The van der Waals surface area contributed by atoms with Crippen LogP contribution in [-0.2, 0) is 0 Å². The number of amides is 1. The third-order valence-corrected chi connectivity index (χ3v) is 4.02. The van der Waals surface area contributed by atoms with Gasteiger partial charge in [0.25, 0.3) is 5.91 Å². The van der Waals surface area contributed by atoms with Gasteiger partial charge in [-0.1, -0.05) is 52.3 Å². The maximum absolute atomic E-state index is 12.4. The number of benzene rings is 1. The standard InChI is InChI=1S/C18H25NO2/c1-5-13(4)15(10-12(2)3)19-18(20)17-11-14-8-6-7-9-16(14)21-17/h6-9,11-13,15H,5,10H2,1-4H3,(H,19,20). The van der Waals surface area contributed by atoms with Gasteiger partial charge in [-0.2, -0.15) is 0 Å². The zero-order valence-electron chi connectivity index (χ0n) is 13.3. The smallest absolute Gasteiger partial charge is 0.287 e. The van der Waals surface area contributed by atoms with Crippen molar-refractivity contribution in [3.63, 3.8) is 0 Å². The van der Waals surface area contributed by atoms with Gasteiger partial charge in [0.15, 0.2) is 5.76 Å². The van der Waals surface area contributed by atoms with E-state index < -0.39 is 0 Å². The number of carbonyl (C=O) groups excluding carboxylic acids is 1. The highest BCUT2D eigenvalue weighted by atomic mass is 16.3. The minimum Gasteiger partial charge on any atom is -0.451 e. The summed E-state index contributed by atoms with van der Waals surface area (Å²) in [6.45, 7) is 8.71. The highest BCUT2D eigenvalue weighted by Gasteiger charge is 2.21. The Bertz CT molecular complexity index is 567. The van der Waals surface area contributed by atoms with Crippen LogP contribution in [0.15, 0.2) is 34.7 Å². The molecule has 0 radical (unpaired) electrons. The van der Waals surface area contributed by atoms with Crippen molar-refractivity contribution in [3.8, 4) is 0 Å². The molecule has 0 saturated heterocycles. The van der Waals surface area contributed by atoms with Crippen LogP contribution in [0.25, 0.3) is 11.0 Å². The normalized spacial score (nSPS) is 14.3. The predicted octanol–water partition coefficient (Wildman–Crippen LogP) is 4.62. The minimum absolute atomic E-state index is 0.114. The van der Waals surface area contributed by atoms with Crippen LogP contribution in [0, 0.1) is 11.8 Å². The molecule has 2 atom stereocenters. The molecule has 0 fully saturated rings. The number of hydrogen-bond donors (Lipinski definition) is 1. The zero-order chi connectivity index (χ0) is 15.4. The second kappa shape index (κ2) is 6.79. The summed E-state index contributed by atoms with van der Waals surface area (Å²) in [5.74, 6) is 1.30. The van der Waals surface area contributed by atoms with E-state index in [9.17, 15) is 4.79 Å². The molecule has 1 amide bonds. The molecule has 114 valence electrons. The summed E-state index contributed by atoms with van der Waals surface area (Å²) >= 11 is 0. The van der Waals surface area contributed by atoms with Crippen LogP contribution in [0.3, 0.4) is 0 Å². The van der Waals surface area contributed by atoms with Crippen LogP contribution < -0.4 is 5.32 Å². The Labute approximate surface area is 126 Å². The van der Waals surface area contributed by atoms with Crippen molar-refractivity contribution in [2.24, 2.45) is 11.8 Å². The van der Waals surface area contributed by atoms with E-state index >= 15 is 0 Å². The van der Waals surface area contributed by atoms with Gasteiger partial charge in [0.1, 0.15) is 5.58 Å². The molecular formula is C18H25NO2. The van der Waals surface area contributed by atoms with Gasteiger partial charge in [-0.25, -0.2) is 0 Å². The number of fused-ring (bicyclic) bond motifs is 1. The maximum atomic E-state index is 12.4. The summed E-state index contributed by atoms with van der Waals surface area (Å²) < 4.78 is 5.64. The zero-order valence-corrected chi connectivity index (χ0v) is 13.3. The van der Waals surface area contributed by atoms with Crippen molar-refractivity contribution in [2.45, 2.75) is 46.6 Å². The lowest BCUT2D eigenvalue weighted by molar-refractivity contribution is 0.0890. The number of rotatable bonds is 6. The van der Waals surface area contributed by atoms with Crippen molar-refractivity contribution in [2.75, 3.05) is 0 Å². The van der Waals surface area contributed by atoms with Gasteiger partial charge >= 0.3 is 0 Å². The van der Waals surface area contributed by atoms with Gasteiger partial charge in [0, 0.05) is 11.4 Å². The maximum Gasteiger partial charge on any atom is 0.287 e. The Balaban J connectivity index is 2.13.